The lowest BCUT2D eigenvalue weighted by atomic mass is 10.1. The fraction of sp³-hybridized carbons (Fsp3) is 0.136. The summed E-state index contributed by atoms with van der Waals surface area (Å²) in [6.45, 7) is 0. The summed E-state index contributed by atoms with van der Waals surface area (Å²) in [7, 11) is 4.59. The number of hydrogen-bond acceptors (Lipinski definition) is 6. The zero-order valence-electron chi connectivity index (χ0n) is 16.7. The van der Waals surface area contributed by atoms with Gasteiger partial charge in [0.1, 0.15) is 17.1 Å². The second kappa shape index (κ2) is 8.12. The summed E-state index contributed by atoms with van der Waals surface area (Å²) in [6.07, 6.45) is 1.81. The molecular weight excluding hydrogens is 384 g/mol. The van der Waals surface area contributed by atoms with E-state index >= 15 is 0 Å². The van der Waals surface area contributed by atoms with Crippen LogP contribution in [0, 0.1) is 0 Å². The van der Waals surface area contributed by atoms with Gasteiger partial charge in [-0.05, 0) is 30.3 Å². The number of fused-ring (bicyclic) bond motifs is 1. The van der Waals surface area contributed by atoms with Crippen molar-refractivity contribution in [3.05, 3.63) is 66.4 Å². The van der Waals surface area contributed by atoms with E-state index < -0.39 is 0 Å². The van der Waals surface area contributed by atoms with Crippen molar-refractivity contribution >= 4 is 17.2 Å². The number of hydrogen-bond donors (Lipinski definition) is 1. The molecular formula is C22H20N4O4. The van der Waals surface area contributed by atoms with Gasteiger partial charge in [-0.3, -0.25) is 4.79 Å². The maximum absolute atomic E-state index is 12.9. The van der Waals surface area contributed by atoms with Gasteiger partial charge in [-0.2, -0.15) is 0 Å². The predicted molar refractivity (Wildman–Crippen MR) is 112 cm³/mol. The summed E-state index contributed by atoms with van der Waals surface area (Å²) in [5.41, 5.74) is 3.20. The molecule has 30 heavy (non-hydrogen) atoms. The van der Waals surface area contributed by atoms with Crippen molar-refractivity contribution in [2.45, 2.75) is 0 Å². The van der Waals surface area contributed by atoms with E-state index in [0.717, 1.165) is 11.3 Å². The van der Waals surface area contributed by atoms with E-state index in [4.69, 9.17) is 14.2 Å². The predicted octanol–water partition coefficient (Wildman–Crippen LogP) is 3.67. The monoisotopic (exact) mass is 404 g/mol. The van der Waals surface area contributed by atoms with Gasteiger partial charge in [0.25, 0.3) is 5.91 Å². The summed E-state index contributed by atoms with van der Waals surface area (Å²) in [5.74, 6) is 1.04. The Kier molecular flexibility index (Phi) is 5.21. The smallest absolute Gasteiger partial charge is 0.263 e. The highest BCUT2D eigenvalue weighted by Crippen LogP contribution is 2.30. The van der Waals surface area contributed by atoms with Crippen LogP contribution in [0.5, 0.6) is 17.4 Å². The Balaban J connectivity index is 1.64. The lowest BCUT2D eigenvalue weighted by molar-refractivity contribution is 0.102. The van der Waals surface area contributed by atoms with Crippen molar-refractivity contribution in [1.82, 2.24) is 14.6 Å². The molecule has 0 unspecified atom stereocenters. The van der Waals surface area contributed by atoms with Gasteiger partial charge in [-0.1, -0.05) is 18.2 Å². The lowest BCUT2D eigenvalue weighted by Gasteiger charge is -2.13. The molecule has 0 radical (unpaired) electrons. The number of nitrogens with zero attached hydrogens (tertiary/aromatic N) is 3. The third kappa shape index (κ3) is 3.62. The maximum Gasteiger partial charge on any atom is 0.263 e. The average Bonchev–Trinajstić information content (AvgIpc) is 3.22. The summed E-state index contributed by atoms with van der Waals surface area (Å²) in [4.78, 5) is 17.5. The van der Waals surface area contributed by atoms with Crippen LogP contribution in [0.25, 0.3) is 16.9 Å². The molecule has 0 aliphatic carbocycles. The lowest BCUT2D eigenvalue weighted by Crippen LogP contribution is -2.14. The molecule has 0 fully saturated rings. The molecule has 0 spiro atoms. The van der Waals surface area contributed by atoms with Crippen molar-refractivity contribution in [3.63, 3.8) is 0 Å². The number of rotatable bonds is 6. The van der Waals surface area contributed by atoms with Crippen LogP contribution < -0.4 is 19.5 Å². The largest absolute Gasteiger partial charge is 0.496 e. The van der Waals surface area contributed by atoms with Gasteiger partial charge < -0.3 is 19.5 Å². The van der Waals surface area contributed by atoms with E-state index in [1.807, 2.05) is 30.5 Å². The Morgan fingerprint density at radius 2 is 1.67 bits per heavy atom. The van der Waals surface area contributed by atoms with E-state index in [1.165, 1.54) is 14.2 Å². The summed E-state index contributed by atoms with van der Waals surface area (Å²) in [5, 5.41) is 7.22. The van der Waals surface area contributed by atoms with Gasteiger partial charge in [-0.15, -0.1) is 5.10 Å². The highest BCUT2D eigenvalue weighted by Gasteiger charge is 2.18. The molecule has 1 N–H and O–H groups in total. The quantitative estimate of drug-likeness (QED) is 0.528. The van der Waals surface area contributed by atoms with Gasteiger partial charge >= 0.3 is 0 Å². The first-order valence-electron chi connectivity index (χ1n) is 9.16. The highest BCUT2D eigenvalue weighted by molar-refractivity contribution is 6.08. The van der Waals surface area contributed by atoms with Gasteiger partial charge in [0.2, 0.25) is 5.88 Å². The summed E-state index contributed by atoms with van der Waals surface area (Å²) >= 11 is 0. The van der Waals surface area contributed by atoms with Gasteiger partial charge in [0, 0.05) is 17.3 Å². The van der Waals surface area contributed by atoms with Crippen LogP contribution in [-0.2, 0) is 0 Å². The molecule has 0 atom stereocenters. The minimum atomic E-state index is -0.331. The van der Waals surface area contributed by atoms with E-state index in [0.29, 0.717) is 34.3 Å². The number of amides is 1. The van der Waals surface area contributed by atoms with E-state index in [2.05, 4.69) is 15.4 Å². The second-order valence-electron chi connectivity index (χ2n) is 6.38. The van der Waals surface area contributed by atoms with Crippen LogP contribution in [0.4, 0.5) is 5.69 Å². The Bertz CT molecular complexity index is 1200. The van der Waals surface area contributed by atoms with E-state index in [-0.39, 0.29) is 5.91 Å². The topological polar surface area (TPSA) is 87.0 Å². The number of methoxy groups -OCH3 is 3. The average molecular weight is 404 g/mol. The second-order valence-corrected chi connectivity index (χ2v) is 6.38. The Hall–Kier alpha value is -4.07. The Morgan fingerprint density at radius 1 is 0.933 bits per heavy atom. The maximum atomic E-state index is 12.9. The molecule has 0 saturated heterocycles. The molecule has 2 heterocycles. The third-order valence-electron chi connectivity index (χ3n) is 4.58. The van der Waals surface area contributed by atoms with E-state index in [9.17, 15) is 4.79 Å². The molecule has 8 heteroatoms. The van der Waals surface area contributed by atoms with Crippen molar-refractivity contribution in [2.75, 3.05) is 26.6 Å². The summed E-state index contributed by atoms with van der Waals surface area (Å²) < 4.78 is 17.4. The van der Waals surface area contributed by atoms with Crippen LogP contribution in [-0.4, -0.2) is 41.8 Å². The van der Waals surface area contributed by atoms with Crippen LogP contribution in [0.2, 0.25) is 0 Å². The van der Waals surface area contributed by atoms with Gasteiger partial charge in [0.05, 0.1) is 33.2 Å². The molecule has 0 aliphatic heterocycles. The first kappa shape index (κ1) is 19.3. The van der Waals surface area contributed by atoms with Gasteiger partial charge in [-0.25, -0.2) is 9.50 Å². The standard InChI is InChI=1S/C22H20N4O4/c1-28-17-8-5-9-18(29-2)21(17)22(27)23-15-7-4-6-14(12-15)16-13-26-19(24-16)10-11-20(25-26)30-3/h4-13H,1-3H3,(H,23,27). The van der Waals surface area contributed by atoms with Crippen LogP contribution >= 0.6 is 0 Å². The number of imidazole rings is 1. The van der Waals surface area contributed by atoms with Gasteiger partial charge in [0.15, 0.2) is 5.65 Å². The number of ether oxygens (including phenoxy) is 3. The molecule has 1 amide bonds. The first-order chi connectivity index (χ1) is 14.6. The zero-order valence-corrected chi connectivity index (χ0v) is 16.7. The van der Waals surface area contributed by atoms with Crippen molar-refractivity contribution in [3.8, 4) is 28.6 Å². The molecule has 0 aliphatic rings. The fourth-order valence-corrected chi connectivity index (χ4v) is 3.14. The molecule has 0 bridgehead atoms. The number of carbonyl (C=O) groups is 1. The van der Waals surface area contributed by atoms with Crippen molar-refractivity contribution < 1.29 is 19.0 Å². The molecule has 2 aromatic carbocycles. The van der Waals surface area contributed by atoms with Crippen LogP contribution in [0.15, 0.2) is 60.8 Å². The molecule has 4 aromatic rings. The van der Waals surface area contributed by atoms with Crippen LogP contribution in [0.1, 0.15) is 10.4 Å². The highest BCUT2D eigenvalue weighted by atomic mass is 16.5. The molecule has 0 saturated carbocycles. The molecule has 4 rings (SSSR count). The van der Waals surface area contributed by atoms with Crippen LogP contribution in [0.3, 0.4) is 0 Å². The summed E-state index contributed by atoms with van der Waals surface area (Å²) in [6, 6.07) is 16.2. The van der Waals surface area contributed by atoms with Crippen molar-refractivity contribution in [2.24, 2.45) is 0 Å². The normalized spacial score (nSPS) is 10.6. The minimum absolute atomic E-state index is 0.330. The number of carbonyl (C=O) groups excluding carboxylic acids is 1. The first-order valence-corrected chi connectivity index (χ1v) is 9.16. The zero-order chi connectivity index (χ0) is 21.1. The SMILES string of the molecule is COc1ccc2nc(-c3cccc(NC(=O)c4c(OC)cccc4OC)c3)cn2n1. The van der Waals surface area contributed by atoms with Crippen molar-refractivity contribution in [1.29, 1.82) is 0 Å². The Morgan fingerprint density at radius 3 is 2.37 bits per heavy atom. The number of benzene rings is 2. The minimum Gasteiger partial charge on any atom is -0.496 e. The molecule has 152 valence electrons. The number of nitrogens with one attached hydrogen (secondary N) is 1. The van der Waals surface area contributed by atoms with E-state index in [1.54, 1.807) is 42.0 Å². The fourth-order valence-electron chi connectivity index (χ4n) is 3.14. The molecule has 8 nitrogen and oxygen atoms in total. The molecule has 2 aromatic heterocycles. The third-order valence-corrected chi connectivity index (χ3v) is 4.58. The Labute approximate surface area is 173 Å². The number of aromatic nitrogens is 3. The number of anilines is 1.